The zero-order chi connectivity index (χ0) is 19.9. The van der Waals surface area contributed by atoms with Crippen molar-refractivity contribution in [2.24, 2.45) is 0 Å². The van der Waals surface area contributed by atoms with Gasteiger partial charge < -0.3 is 4.90 Å². The smallest absolute Gasteiger partial charge is 0.340 e. The van der Waals surface area contributed by atoms with Crippen molar-refractivity contribution in [2.45, 2.75) is 39.4 Å². The van der Waals surface area contributed by atoms with E-state index in [0.717, 1.165) is 36.3 Å². The summed E-state index contributed by atoms with van der Waals surface area (Å²) >= 11 is 0. The molecule has 1 aliphatic heterocycles. The third kappa shape index (κ3) is 3.69. The van der Waals surface area contributed by atoms with E-state index < -0.39 is 12.7 Å². The minimum Gasteiger partial charge on any atom is -0.340 e. The van der Waals surface area contributed by atoms with Gasteiger partial charge in [0, 0.05) is 19.3 Å². The Kier molecular flexibility index (Phi) is 4.52. The van der Waals surface area contributed by atoms with Crippen molar-refractivity contribution in [3.05, 3.63) is 29.2 Å². The van der Waals surface area contributed by atoms with Crippen LogP contribution in [0.15, 0.2) is 6.20 Å². The van der Waals surface area contributed by atoms with Crippen molar-refractivity contribution < 1.29 is 13.2 Å². The Labute approximate surface area is 158 Å². The van der Waals surface area contributed by atoms with Crippen molar-refractivity contribution in [3.63, 3.8) is 0 Å². The highest BCUT2D eigenvalue weighted by molar-refractivity contribution is 5.65. The van der Waals surface area contributed by atoms with Crippen molar-refractivity contribution in [1.82, 2.24) is 34.3 Å². The van der Waals surface area contributed by atoms with Crippen LogP contribution < -0.4 is 4.90 Å². The van der Waals surface area contributed by atoms with Gasteiger partial charge in [0.05, 0.1) is 11.4 Å². The molecule has 3 aromatic rings. The molecule has 0 atom stereocenters. The molecule has 0 aliphatic carbocycles. The van der Waals surface area contributed by atoms with Gasteiger partial charge in [-0.25, -0.2) is 14.2 Å². The summed E-state index contributed by atoms with van der Waals surface area (Å²) in [6.07, 6.45) is 2.27. The largest absolute Gasteiger partial charge is 0.408 e. The van der Waals surface area contributed by atoms with Crippen LogP contribution in [0, 0.1) is 13.8 Å². The first kappa shape index (κ1) is 18.4. The molecule has 0 bridgehead atoms. The first-order chi connectivity index (χ1) is 13.3. The van der Waals surface area contributed by atoms with Crippen LogP contribution in [-0.2, 0) is 6.54 Å². The molecule has 148 valence electrons. The van der Waals surface area contributed by atoms with Crippen LogP contribution in [0.2, 0.25) is 0 Å². The fraction of sp³-hybridized carbons (Fsp3) is 0.471. The number of anilines is 1. The molecule has 3 aromatic heterocycles. The van der Waals surface area contributed by atoms with Gasteiger partial charge in [0.2, 0.25) is 5.95 Å². The monoisotopic (exact) mass is 392 g/mol. The molecular weight excluding hydrogens is 373 g/mol. The summed E-state index contributed by atoms with van der Waals surface area (Å²) in [4.78, 5) is 14.8. The Balaban J connectivity index is 1.67. The maximum Gasteiger partial charge on any atom is 0.408 e. The molecule has 0 amide bonds. The molecule has 4 heterocycles. The van der Waals surface area contributed by atoms with Crippen LogP contribution in [0.25, 0.3) is 17.8 Å². The zero-order valence-electron chi connectivity index (χ0n) is 15.5. The maximum atomic E-state index is 12.9. The number of rotatable bonds is 4. The third-order valence-corrected chi connectivity index (χ3v) is 4.51. The average Bonchev–Trinajstić information content (AvgIpc) is 3.34. The van der Waals surface area contributed by atoms with Gasteiger partial charge in [-0.1, -0.05) is 0 Å². The fourth-order valence-corrected chi connectivity index (χ4v) is 3.13. The van der Waals surface area contributed by atoms with Gasteiger partial charge >= 0.3 is 6.18 Å². The quantitative estimate of drug-likeness (QED) is 0.679. The predicted octanol–water partition coefficient (Wildman–Crippen LogP) is 2.67. The minimum absolute atomic E-state index is 0.115. The average molecular weight is 392 g/mol. The first-order valence-corrected chi connectivity index (χ1v) is 8.94. The van der Waals surface area contributed by atoms with Gasteiger partial charge in [0.25, 0.3) is 0 Å². The van der Waals surface area contributed by atoms with E-state index >= 15 is 0 Å². The van der Waals surface area contributed by atoms with Gasteiger partial charge in [0.1, 0.15) is 6.54 Å². The molecule has 0 unspecified atom stereocenters. The second-order valence-corrected chi connectivity index (χ2v) is 6.76. The van der Waals surface area contributed by atoms with E-state index in [0.29, 0.717) is 23.1 Å². The molecule has 0 N–H and O–H groups in total. The van der Waals surface area contributed by atoms with Crippen LogP contribution in [0.5, 0.6) is 0 Å². The minimum atomic E-state index is -4.39. The normalized spacial score (nSPS) is 15.4. The summed E-state index contributed by atoms with van der Waals surface area (Å²) in [5.41, 5.74) is 2.13. The lowest BCUT2D eigenvalue weighted by Gasteiger charge is -2.11. The zero-order valence-corrected chi connectivity index (χ0v) is 15.5. The SMILES string of the molecule is Cc1ncc(C)n2nc(C=Cc3nc(N4CCCC4)nn3CC(F)(F)F)nc12. The number of nitrogens with zero attached hydrogens (tertiary/aromatic N) is 8. The van der Waals surface area contributed by atoms with E-state index in [1.807, 2.05) is 18.7 Å². The van der Waals surface area contributed by atoms with E-state index in [1.165, 1.54) is 12.2 Å². The predicted molar refractivity (Wildman–Crippen MR) is 96.7 cm³/mol. The van der Waals surface area contributed by atoms with Crippen molar-refractivity contribution >= 4 is 23.7 Å². The standard InChI is InChI=1S/C17H19F3N8/c1-11-9-21-12(2)15-22-13(24-28(11)15)5-6-14-23-16(26-7-3-4-8-26)25-27(14)10-17(18,19)20/h5-6,9H,3-4,7-8,10H2,1-2H3. The van der Waals surface area contributed by atoms with E-state index in [9.17, 15) is 13.2 Å². The Hall–Kier alpha value is -2.98. The lowest BCUT2D eigenvalue weighted by Crippen LogP contribution is -2.21. The fourth-order valence-electron chi connectivity index (χ4n) is 3.13. The molecule has 0 radical (unpaired) electrons. The maximum absolute atomic E-state index is 12.9. The molecule has 0 aromatic carbocycles. The Morgan fingerprint density at radius 3 is 2.50 bits per heavy atom. The first-order valence-electron chi connectivity index (χ1n) is 8.94. The van der Waals surface area contributed by atoms with E-state index in [1.54, 1.807) is 10.7 Å². The number of halogens is 3. The summed E-state index contributed by atoms with van der Waals surface area (Å²) in [6, 6.07) is 0. The number of hydrogen-bond donors (Lipinski definition) is 0. The van der Waals surface area contributed by atoms with Crippen LogP contribution in [0.4, 0.5) is 19.1 Å². The van der Waals surface area contributed by atoms with Gasteiger partial charge in [-0.05, 0) is 38.8 Å². The summed E-state index contributed by atoms with van der Waals surface area (Å²) < 4.78 is 41.3. The summed E-state index contributed by atoms with van der Waals surface area (Å²) in [6.45, 7) is 3.97. The number of fused-ring (bicyclic) bond motifs is 1. The topological polar surface area (TPSA) is 77.0 Å². The highest BCUT2D eigenvalue weighted by atomic mass is 19.4. The molecule has 1 saturated heterocycles. The molecule has 1 aliphatic rings. The molecular formula is C17H19F3N8. The third-order valence-electron chi connectivity index (χ3n) is 4.51. The molecule has 8 nitrogen and oxygen atoms in total. The molecule has 28 heavy (non-hydrogen) atoms. The second kappa shape index (κ2) is 6.88. The Morgan fingerprint density at radius 1 is 1.07 bits per heavy atom. The summed E-state index contributed by atoms with van der Waals surface area (Å²) in [5, 5.41) is 8.43. The number of aryl methyl sites for hydroxylation is 2. The highest BCUT2D eigenvalue weighted by Gasteiger charge is 2.31. The molecule has 4 rings (SSSR count). The molecule has 1 fully saturated rings. The van der Waals surface area contributed by atoms with Gasteiger partial charge in [-0.3, -0.25) is 4.98 Å². The van der Waals surface area contributed by atoms with Crippen LogP contribution in [0.1, 0.15) is 35.9 Å². The van der Waals surface area contributed by atoms with Gasteiger partial charge in [0.15, 0.2) is 17.3 Å². The van der Waals surface area contributed by atoms with E-state index in [2.05, 4.69) is 25.1 Å². The Morgan fingerprint density at radius 2 is 1.82 bits per heavy atom. The molecule has 11 heteroatoms. The van der Waals surface area contributed by atoms with Gasteiger partial charge in [-0.15, -0.1) is 10.2 Å². The van der Waals surface area contributed by atoms with E-state index in [-0.39, 0.29) is 5.82 Å². The lowest BCUT2D eigenvalue weighted by atomic mass is 10.4. The van der Waals surface area contributed by atoms with Gasteiger partial charge in [-0.2, -0.15) is 18.2 Å². The second-order valence-electron chi connectivity index (χ2n) is 6.76. The van der Waals surface area contributed by atoms with Crippen molar-refractivity contribution in [2.75, 3.05) is 18.0 Å². The number of hydrogen-bond acceptors (Lipinski definition) is 6. The van der Waals surface area contributed by atoms with Crippen LogP contribution >= 0.6 is 0 Å². The molecule has 0 spiro atoms. The number of alkyl halides is 3. The van der Waals surface area contributed by atoms with Crippen molar-refractivity contribution in [3.8, 4) is 0 Å². The summed E-state index contributed by atoms with van der Waals surface area (Å²) in [5.74, 6) is 0.799. The lowest BCUT2D eigenvalue weighted by molar-refractivity contribution is -0.142. The van der Waals surface area contributed by atoms with Crippen molar-refractivity contribution in [1.29, 1.82) is 0 Å². The molecule has 0 saturated carbocycles. The number of aromatic nitrogens is 7. The summed E-state index contributed by atoms with van der Waals surface area (Å²) in [7, 11) is 0. The van der Waals surface area contributed by atoms with E-state index in [4.69, 9.17) is 0 Å². The highest BCUT2D eigenvalue weighted by Crippen LogP contribution is 2.22. The Bertz CT molecular complexity index is 988. The van der Waals surface area contributed by atoms with Crippen LogP contribution in [-0.4, -0.2) is 53.6 Å². The van der Waals surface area contributed by atoms with Crippen LogP contribution in [0.3, 0.4) is 0 Å².